The maximum atomic E-state index is 6.50. The monoisotopic (exact) mass is 807 g/mol. The molecule has 0 unspecified atom stereocenters. The average Bonchev–Trinajstić information content (AvgIpc) is 3.99. The highest BCUT2D eigenvalue weighted by molar-refractivity contribution is 7.26. The van der Waals surface area contributed by atoms with E-state index in [1.54, 1.807) is 0 Å². The Morgan fingerprint density at radius 2 is 1.02 bits per heavy atom. The molecule has 0 amide bonds. The molecule has 62 heavy (non-hydrogen) atoms. The van der Waals surface area contributed by atoms with Gasteiger partial charge >= 0.3 is 0 Å². The molecule has 12 aromatic rings. The third kappa shape index (κ3) is 5.09. The molecule has 10 aromatic carbocycles. The fraction of sp³-hybridized carbons (Fsp3) is 0.0169. The fourth-order valence-corrected chi connectivity index (χ4v) is 11.6. The molecular weight excluding hydrogens is 771 g/mol. The number of hydrogen-bond donors (Lipinski definition) is 0. The zero-order valence-corrected chi connectivity index (χ0v) is 34.4. The van der Waals surface area contributed by atoms with E-state index in [0.29, 0.717) is 0 Å². The van der Waals surface area contributed by atoms with E-state index in [9.17, 15) is 0 Å². The van der Waals surface area contributed by atoms with Crippen molar-refractivity contribution in [2.45, 2.75) is 5.41 Å². The Morgan fingerprint density at radius 3 is 1.84 bits per heavy atom. The van der Waals surface area contributed by atoms with E-state index < -0.39 is 5.41 Å². The second kappa shape index (κ2) is 13.7. The molecule has 13 rings (SSSR count). The number of benzene rings is 10. The lowest BCUT2D eigenvalue weighted by molar-refractivity contribution is 0.669. The van der Waals surface area contributed by atoms with Crippen molar-refractivity contribution in [3.05, 3.63) is 247 Å². The number of nitrogens with zero attached hydrogens (tertiary/aromatic N) is 1. The first-order chi connectivity index (χ1) is 30.7. The third-order valence-electron chi connectivity index (χ3n) is 13.1. The minimum atomic E-state index is -0.531. The molecule has 0 fully saturated rings. The Labute approximate surface area is 363 Å². The van der Waals surface area contributed by atoms with Crippen molar-refractivity contribution in [2.75, 3.05) is 4.90 Å². The lowest BCUT2D eigenvalue weighted by Gasteiger charge is -2.35. The van der Waals surface area contributed by atoms with E-state index in [2.05, 4.69) is 229 Å². The van der Waals surface area contributed by atoms with Gasteiger partial charge in [-0.2, -0.15) is 0 Å². The summed E-state index contributed by atoms with van der Waals surface area (Å²) >= 11 is 1.87. The van der Waals surface area contributed by atoms with Crippen molar-refractivity contribution in [2.24, 2.45) is 0 Å². The van der Waals surface area contributed by atoms with Crippen molar-refractivity contribution in [3.63, 3.8) is 0 Å². The minimum absolute atomic E-state index is 0.531. The number of hydrogen-bond acceptors (Lipinski definition) is 3. The Bertz CT molecular complexity index is 3670. The van der Waals surface area contributed by atoms with Crippen molar-refractivity contribution in [1.82, 2.24) is 0 Å². The lowest BCUT2D eigenvalue weighted by atomic mass is 9.67. The summed E-state index contributed by atoms with van der Waals surface area (Å²) in [6, 6.07) is 82.5. The van der Waals surface area contributed by atoms with Crippen LogP contribution in [-0.2, 0) is 5.41 Å². The van der Waals surface area contributed by atoms with Crippen LogP contribution in [0.5, 0.6) is 0 Å². The van der Waals surface area contributed by atoms with Gasteiger partial charge in [-0.05, 0) is 104 Å². The summed E-state index contributed by atoms with van der Waals surface area (Å²) < 4.78 is 9.04. The van der Waals surface area contributed by atoms with E-state index in [1.807, 2.05) is 11.3 Å². The van der Waals surface area contributed by atoms with E-state index >= 15 is 0 Å². The number of anilines is 3. The van der Waals surface area contributed by atoms with Gasteiger partial charge in [-0.1, -0.05) is 170 Å². The van der Waals surface area contributed by atoms with E-state index in [1.165, 1.54) is 64.3 Å². The van der Waals surface area contributed by atoms with Gasteiger partial charge in [0.25, 0.3) is 0 Å². The number of rotatable bonds is 6. The van der Waals surface area contributed by atoms with E-state index in [4.69, 9.17) is 4.42 Å². The quantitative estimate of drug-likeness (QED) is 0.166. The van der Waals surface area contributed by atoms with Crippen LogP contribution < -0.4 is 4.90 Å². The summed E-state index contributed by atoms with van der Waals surface area (Å²) in [5, 5.41) is 7.17. The Morgan fingerprint density at radius 1 is 0.387 bits per heavy atom. The van der Waals surface area contributed by atoms with Crippen LogP contribution in [0.3, 0.4) is 0 Å². The van der Waals surface area contributed by atoms with Crippen LogP contribution in [0.1, 0.15) is 22.3 Å². The molecule has 0 radical (unpaired) electrons. The highest BCUT2D eigenvalue weighted by Gasteiger charge is 2.46. The smallest absolute Gasteiger partial charge is 0.136 e. The Hall–Kier alpha value is -7.72. The van der Waals surface area contributed by atoms with Crippen LogP contribution in [0.2, 0.25) is 0 Å². The fourth-order valence-electron chi connectivity index (χ4n) is 10.4. The number of furan rings is 1. The normalized spacial score (nSPS) is 13.0. The molecule has 290 valence electrons. The Kier molecular flexibility index (Phi) is 7.72. The number of fused-ring (bicyclic) bond motifs is 10. The van der Waals surface area contributed by atoms with E-state index in [0.717, 1.165) is 50.1 Å². The maximum absolute atomic E-state index is 6.50. The molecule has 1 aliphatic carbocycles. The van der Waals surface area contributed by atoms with Crippen LogP contribution in [0.4, 0.5) is 17.1 Å². The molecular formula is C59H37NOS. The van der Waals surface area contributed by atoms with Gasteiger partial charge in [0, 0.05) is 37.5 Å². The second-order valence-corrected chi connectivity index (χ2v) is 17.4. The summed E-state index contributed by atoms with van der Waals surface area (Å²) in [5.41, 5.74) is 14.5. The molecule has 0 saturated carbocycles. The maximum Gasteiger partial charge on any atom is 0.136 e. The first kappa shape index (κ1) is 35.1. The van der Waals surface area contributed by atoms with Crippen molar-refractivity contribution < 1.29 is 4.42 Å². The van der Waals surface area contributed by atoms with E-state index in [-0.39, 0.29) is 0 Å². The summed E-state index contributed by atoms with van der Waals surface area (Å²) in [4.78, 5) is 2.52. The zero-order valence-electron chi connectivity index (χ0n) is 33.6. The molecule has 3 heteroatoms. The van der Waals surface area contributed by atoms with Gasteiger partial charge in [-0.25, -0.2) is 0 Å². The predicted octanol–water partition coefficient (Wildman–Crippen LogP) is 16.6. The molecule has 2 heterocycles. The molecule has 0 N–H and O–H groups in total. The molecule has 2 aromatic heterocycles. The predicted molar refractivity (Wildman–Crippen MR) is 262 cm³/mol. The summed E-state index contributed by atoms with van der Waals surface area (Å²) in [5.74, 6) is 0. The van der Waals surface area contributed by atoms with Crippen molar-refractivity contribution in [1.29, 1.82) is 0 Å². The van der Waals surface area contributed by atoms with Crippen LogP contribution >= 0.6 is 11.3 Å². The average molecular weight is 808 g/mol. The van der Waals surface area contributed by atoms with Gasteiger partial charge in [0.15, 0.2) is 0 Å². The van der Waals surface area contributed by atoms with Gasteiger partial charge in [-0.15, -0.1) is 11.3 Å². The van der Waals surface area contributed by atoms with Crippen LogP contribution in [-0.4, -0.2) is 0 Å². The van der Waals surface area contributed by atoms with Gasteiger partial charge in [0.2, 0.25) is 0 Å². The van der Waals surface area contributed by atoms with Crippen LogP contribution in [0, 0.1) is 0 Å². The topological polar surface area (TPSA) is 16.4 Å². The number of thiophene rings is 1. The standard InChI is InChI=1S/C59H37NOS/c1-3-18-41(19-4-1)59(42-20-5-2-6-21-42)51-26-12-9-23-45(51)46-32-31-43(37-52(46)59)60(54-28-15-25-48-47-24-11-14-29-57(47)62-58(48)54)53-27-13-10-22-44(53)40-30-33-55-49(35-40)50-34-38-16-7-8-17-39(38)36-56(50)61-55/h1-37H. The molecule has 0 spiro atoms. The highest BCUT2D eigenvalue weighted by Crippen LogP contribution is 2.58. The lowest BCUT2D eigenvalue weighted by Crippen LogP contribution is -2.28. The van der Waals surface area contributed by atoms with Gasteiger partial charge in [0.05, 0.1) is 21.5 Å². The SMILES string of the molecule is c1ccc(C2(c3ccccc3)c3ccccc3-c3ccc(N(c4ccccc4-c4ccc5oc6cc7ccccc7cc6c5c4)c4cccc5c4sc4ccccc45)cc32)cc1. The van der Waals surface area contributed by atoms with Gasteiger partial charge in [-0.3, -0.25) is 0 Å². The highest BCUT2D eigenvalue weighted by atomic mass is 32.1. The van der Waals surface area contributed by atoms with Crippen LogP contribution in [0.15, 0.2) is 229 Å². The summed E-state index contributed by atoms with van der Waals surface area (Å²) in [6.45, 7) is 0. The van der Waals surface area contributed by atoms with Gasteiger partial charge < -0.3 is 9.32 Å². The van der Waals surface area contributed by atoms with Gasteiger partial charge in [0.1, 0.15) is 11.2 Å². The third-order valence-corrected chi connectivity index (χ3v) is 14.3. The minimum Gasteiger partial charge on any atom is -0.456 e. The first-order valence-corrected chi connectivity index (χ1v) is 22.1. The molecule has 0 bridgehead atoms. The van der Waals surface area contributed by atoms with Crippen LogP contribution in [0.25, 0.3) is 75.1 Å². The Balaban J connectivity index is 1.09. The zero-order chi connectivity index (χ0) is 40.8. The summed E-state index contributed by atoms with van der Waals surface area (Å²) in [6.07, 6.45) is 0. The largest absolute Gasteiger partial charge is 0.456 e. The molecule has 2 nitrogen and oxygen atoms in total. The number of para-hydroxylation sites is 1. The summed E-state index contributed by atoms with van der Waals surface area (Å²) in [7, 11) is 0. The molecule has 0 aliphatic heterocycles. The first-order valence-electron chi connectivity index (χ1n) is 21.2. The molecule has 0 saturated heterocycles. The molecule has 1 aliphatic rings. The molecule has 0 atom stereocenters. The van der Waals surface area contributed by atoms with Crippen molar-refractivity contribution in [3.8, 4) is 22.3 Å². The second-order valence-electron chi connectivity index (χ2n) is 16.4. The van der Waals surface area contributed by atoms with Crippen molar-refractivity contribution >= 4 is 81.3 Å².